The van der Waals surface area contributed by atoms with E-state index in [1.807, 2.05) is 0 Å². The van der Waals surface area contributed by atoms with Crippen LogP contribution >= 0.6 is 0 Å². The largest absolute Gasteiger partial charge is 0.367 e. The van der Waals surface area contributed by atoms with Crippen LogP contribution in [-0.4, -0.2) is 35.6 Å². The average Bonchev–Trinajstić information content (AvgIpc) is 2.50. The molecule has 1 N–H and O–H groups in total. The van der Waals surface area contributed by atoms with Crippen LogP contribution < -0.4 is 5.32 Å². The fraction of sp³-hybridized carbons (Fsp3) is 0.500. The fourth-order valence-corrected chi connectivity index (χ4v) is 3.25. The predicted molar refractivity (Wildman–Crippen MR) is 89.9 cm³/mol. The standard InChI is InChI=1S/C18H25N3/c1-3-10-21-11-8-15(9-12-21)19-18-13-14(2)16-6-4-5-7-17(16)20-18/h4-7,13,15H,3,8-12H2,1-2H3,(H,19,20). The van der Waals surface area contributed by atoms with Gasteiger partial charge in [-0.2, -0.15) is 0 Å². The van der Waals surface area contributed by atoms with Gasteiger partial charge in [-0.15, -0.1) is 0 Å². The molecule has 21 heavy (non-hydrogen) atoms. The summed E-state index contributed by atoms with van der Waals surface area (Å²) in [6.07, 6.45) is 3.69. The smallest absolute Gasteiger partial charge is 0.127 e. The Morgan fingerprint density at radius 3 is 2.76 bits per heavy atom. The minimum Gasteiger partial charge on any atom is -0.367 e. The first kappa shape index (κ1) is 14.3. The van der Waals surface area contributed by atoms with Gasteiger partial charge in [-0.25, -0.2) is 4.98 Å². The Balaban J connectivity index is 1.68. The van der Waals surface area contributed by atoms with E-state index < -0.39 is 0 Å². The van der Waals surface area contributed by atoms with E-state index in [9.17, 15) is 0 Å². The van der Waals surface area contributed by atoms with Gasteiger partial charge in [-0.05, 0) is 50.4 Å². The number of pyridine rings is 1. The lowest BCUT2D eigenvalue weighted by molar-refractivity contribution is 0.219. The van der Waals surface area contributed by atoms with E-state index in [4.69, 9.17) is 4.98 Å². The van der Waals surface area contributed by atoms with Crippen LogP contribution in [0.2, 0.25) is 0 Å². The topological polar surface area (TPSA) is 28.2 Å². The molecule has 0 unspecified atom stereocenters. The summed E-state index contributed by atoms with van der Waals surface area (Å²) in [5, 5.41) is 4.89. The van der Waals surface area contributed by atoms with Gasteiger partial charge in [0.15, 0.2) is 0 Å². The van der Waals surface area contributed by atoms with Crippen LogP contribution in [0.1, 0.15) is 31.7 Å². The predicted octanol–water partition coefficient (Wildman–Crippen LogP) is 3.83. The van der Waals surface area contributed by atoms with Gasteiger partial charge in [0.1, 0.15) is 5.82 Å². The Hall–Kier alpha value is -1.61. The van der Waals surface area contributed by atoms with Crippen LogP contribution in [-0.2, 0) is 0 Å². The van der Waals surface area contributed by atoms with E-state index in [0.29, 0.717) is 6.04 Å². The number of hydrogen-bond acceptors (Lipinski definition) is 3. The summed E-state index contributed by atoms with van der Waals surface area (Å²) in [6, 6.07) is 11.1. The number of hydrogen-bond donors (Lipinski definition) is 1. The summed E-state index contributed by atoms with van der Waals surface area (Å²) in [7, 11) is 0. The summed E-state index contributed by atoms with van der Waals surface area (Å²) in [5.41, 5.74) is 2.38. The summed E-state index contributed by atoms with van der Waals surface area (Å²) in [4.78, 5) is 7.33. The second-order valence-corrected chi connectivity index (χ2v) is 6.10. The first-order valence-corrected chi connectivity index (χ1v) is 8.11. The number of nitrogens with one attached hydrogen (secondary N) is 1. The minimum atomic E-state index is 0.561. The molecule has 1 aromatic carbocycles. The van der Waals surface area contributed by atoms with E-state index in [0.717, 1.165) is 11.3 Å². The highest BCUT2D eigenvalue weighted by Crippen LogP contribution is 2.22. The molecule has 2 aromatic rings. The molecule has 0 amide bonds. The minimum absolute atomic E-state index is 0.561. The van der Waals surface area contributed by atoms with Gasteiger partial charge in [0.2, 0.25) is 0 Å². The van der Waals surface area contributed by atoms with Crippen LogP contribution in [0, 0.1) is 6.92 Å². The molecule has 1 aliphatic heterocycles. The first-order valence-electron chi connectivity index (χ1n) is 8.11. The second-order valence-electron chi connectivity index (χ2n) is 6.10. The highest BCUT2D eigenvalue weighted by atomic mass is 15.1. The number of anilines is 1. The monoisotopic (exact) mass is 283 g/mol. The molecule has 0 atom stereocenters. The van der Waals surface area contributed by atoms with Crippen molar-refractivity contribution in [3.63, 3.8) is 0 Å². The van der Waals surface area contributed by atoms with Crippen molar-refractivity contribution in [2.75, 3.05) is 25.0 Å². The molecule has 2 heterocycles. The number of aromatic nitrogens is 1. The molecule has 0 aliphatic carbocycles. The van der Waals surface area contributed by atoms with Gasteiger partial charge < -0.3 is 10.2 Å². The molecule has 3 rings (SSSR count). The number of likely N-dealkylation sites (tertiary alicyclic amines) is 1. The summed E-state index contributed by atoms with van der Waals surface area (Å²) in [5.74, 6) is 1.03. The number of aryl methyl sites for hydroxylation is 1. The lowest BCUT2D eigenvalue weighted by Gasteiger charge is -2.32. The summed E-state index contributed by atoms with van der Waals surface area (Å²) >= 11 is 0. The van der Waals surface area contributed by atoms with E-state index in [1.165, 1.54) is 49.8 Å². The van der Waals surface area contributed by atoms with Gasteiger partial charge in [0.05, 0.1) is 5.52 Å². The molecule has 0 saturated carbocycles. The second kappa shape index (κ2) is 6.44. The number of piperidine rings is 1. The van der Waals surface area contributed by atoms with Crippen LogP contribution in [0.25, 0.3) is 10.9 Å². The Morgan fingerprint density at radius 1 is 1.24 bits per heavy atom. The van der Waals surface area contributed by atoms with Gasteiger partial charge in [0.25, 0.3) is 0 Å². The van der Waals surface area contributed by atoms with Crippen LogP contribution in [0.3, 0.4) is 0 Å². The molecular weight excluding hydrogens is 258 g/mol. The van der Waals surface area contributed by atoms with E-state index in [-0.39, 0.29) is 0 Å². The SMILES string of the molecule is CCCN1CCC(Nc2cc(C)c3ccccc3n2)CC1. The highest BCUT2D eigenvalue weighted by molar-refractivity contribution is 5.83. The van der Waals surface area contributed by atoms with Gasteiger partial charge in [-0.1, -0.05) is 25.1 Å². The van der Waals surface area contributed by atoms with Crippen molar-refractivity contribution in [2.45, 2.75) is 39.2 Å². The van der Waals surface area contributed by atoms with Crippen LogP contribution in [0.15, 0.2) is 30.3 Å². The van der Waals surface area contributed by atoms with E-state index in [2.05, 4.69) is 54.4 Å². The highest BCUT2D eigenvalue weighted by Gasteiger charge is 2.18. The Bertz CT molecular complexity index is 600. The number of fused-ring (bicyclic) bond motifs is 1. The quantitative estimate of drug-likeness (QED) is 0.924. The van der Waals surface area contributed by atoms with Gasteiger partial charge >= 0.3 is 0 Å². The number of benzene rings is 1. The lowest BCUT2D eigenvalue weighted by atomic mass is 10.0. The van der Waals surface area contributed by atoms with E-state index >= 15 is 0 Å². The number of para-hydroxylation sites is 1. The third-order valence-corrected chi connectivity index (χ3v) is 4.40. The van der Waals surface area contributed by atoms with E-state index in [1.54, 1.807) is 0 Å². The van der Waals surface area contributed by atoms with Crippen molar-refractivity contribution in [2.24, 2.45) is 0 Å². The van der Waals surface area contributed by atoms with Crippen molar-refractivity contribution in [1.82, 2.24) is 9.88 Å². The fourth-order valence-electron chi connectivity index (χ4n) is 3.25. The zero-order chi connectivity index (χ0) is 14.7. The number of rotatable bonds is 4. The van der Waals surface area contributed by atoms with Crippen LogP contribution in [0.4, 0.5) is 5.82 Å². The number of nitrogens with zero attached hydrogens (tertiary/aromatic N) is 2. The molecule has 0 radical (unpaired) electrons. The van der Waals surface area contributed by atoms with Crippen molar-refractivity contribution in [3.8, 4) is 0 Å². The Labute approximate surface area is 127 Å². The molecule has 1 aromatic heterocycles. The maximum Gasteiger partial charge on any atom is 0.127 e. The molecule has 1 aliphatic rings. The van der Waals surface area contributed by atoms with Crippen molar-refractivity contribution in [3.05, 3.63) is 35.9 Å². The summed E-state index contributed by atoms with van der Waals surface area (Å²) in [6.45, 7) is 8.07. The molecule has 1 fully saturated rings. The normalized spacial score (nSPS) is 17.2. The molecule has 0 spiro atoms. The van der Waals surface area contributed by atoms with Crippen molar-refractivity contribution in [1.29, 1.82) is 0 Å². The summed E-state index contributed by atoms with van der Waals surface area (Å²) < 4.78 is 0. The Morgan fingerprint density at radius 2 is 2.00 bits per heavy atom. The third-order valence-electron chi connectivity index (χ3n) is 4.40. The maximum absolute atomic E-state index is 4.76. The molecular formula is C18H25N3. The average molecular weight is 283 g/mol. The zero-order valence-corrected chi connectivity index (χ0v) is 13.1. The van der Waals surface area contributed by atoms with Gasteiger partial charge in [-0.3, -0.25) is 0 Å². The maximum atomic E-state index is 4.76. The Kier molecular flexibility index (Phi) is 4.39. The molecule has 0 bridgehead atoms. The van der Waals surface area contributed by atoms with Crippen molar-refractivity contribution >= 4 is 16.7 Å². The molecule has 3 heteroatoms. The van der Waals surface area contributed by atoms with Gasteiger partial charge in [0, 0.05) is 24.5 Å². The lowest BCUT2D eigenvalue weighted by Crippen LogP contribution is -2.39. The molecule has 3 nitrogen and oxygen atoms in total. The molecule has 1 saturated heterocycles. The third kappa shape index (κ3) is 3.35. The van der Waals surface area contributed by atoms with Crippen molar-refractivity contribution < 1.29 is 0 Å². The van der Waals surface area contributed by atoms with Crippen LogP contribution in [0.5, 0.6) is 0 Å². The first-order chi connectivity index (χ1) is 10.3. The zero-order valence-electron chi connectivity index (χ0n) is 13.1. The molecule has 112 valence electrons.